The number of nitrogens with one attached hydrogen (secondary N) is 1. The predicted molar refractivity (Wildman–Crippen MR) is 149 cm³/mol. The van der Waals surface area contributed by atoms with Crippen LogP contribution in [0, 0.1) is 0 Å². The molecule has 0 aliphatic carbocycles. The van der Waals surface area contributed by atoms with Gasteiger partial charge in [0.1, 0.15) is 27.9 Å². The number of hydrogen-bond donors (Lipinski definition) is 3. The molecule has 0 saturated carbocycles. The van der Waals surface area contributed by atoms with E-state index in [1.165, 1.54) is 30.9 Å². The average molecular weight is 569 g/mol. The molecule has 9 nitrogen and oxygen atoms in total. The summed E-state index contributed by atoms with van der Waals surface area (Å²) in [5, 5.41) is 24.9. The number of aliphatic hydroxyl groups is 2. The highest BCUT2D eigenvalue weighted by molar-refractivity contribution is 8.01. The van der Waals surface area contributed by atoms with Crippen molar-refractivity contribution in [2.75, 3.05) is 26.2 Å². The third-order valence-electron chi connectivity index (χ3n) is 6.76. The maximum atomic E-state index is 13.1. The summed E-state index contributed by atoms with van der Waals surface area (Å²) in [5.74, 6) is 0.229. The highest BCUT2D eigenvalue weighted by Crippen LogP contribution is 2.39. The molecule has 1 fully saturated rings. The molecule has 1 unspecified atom stereocenters. The van der Waals surface area contributed by atoms with Crippen LogP contribution in [0.1, 0.15) is 45.6 Å². The summed E-state index contributed by atoms with van der Waals surface area (Å²) in [5.41, 5.74) is 0.675. The quantitative estimate of drug-likeness (QED) is 0.486. The molecule has 0 spiro atoms. The lowest BCUT2D eigenvalue weighted by Gasteiger charge is -2.42. The molecule has 11 heteroatoms. The maximum absolute atomic E-state index is 13.1. The van der Waals surface area contributed by atoms with Gasteiger partial charge in [0.25, 0.3) is 0 Å². The number of methoxy groups -OCH3 is 2. The van der Waals surface area contributed by atoms with E-state index in [2.05, 4.69) is 5.32 Å². The van der Waals surface area contributed by atoms with E-state index < -0.39 is 34.2 Å². The molecule has 3 rings (SSSR count). The zero-order valence-electron chi connectivity index (χ0n) is 22.6. The van der Waals surface area contributed by atoms with E-state index in [1.54, 1.807) is 33.0 Å². The molecule has 3 N–H and O–H groups in total. The molecular formula is C27H37ClN2O7S. The van der Waals surface area contributed by atoms with Crippen molar-refractivity contribution in [2.45, 2.75) is 74.6 Å². The molecule has 4 bridgehead atoms. The lowest BCUT2D eigenvalue weighted by atomic mass is 9.95. The molecular weight excluding hydrogens is 532 g/mol. The molecule has 1 saturated heterocycles. The third kappa shape index (κ3) is 7.24. The van der Waals surface area contributed by atoms with Gasteiger partial charge >= 0.3 is 6.09 Å². The Bertz CT molecular complexity index is 1110. The monoisotopic (exact) mass is 568 g/mol. The summed E-state index contributed by atoms with van der Waals surface area (Å²) in [7, 11) is 4.62. The van der Waals surface area contributed by atoms with E-state index >= 15 is 0 Å². The Morgan fingerprint density at radius 2 is 1.97 bits per heavy atom. The summed E-state index contributed by atoms with van der Waals surface area (Å²) in [6.07, 6.45) is 3.78. The predicted octanol–water partition coefficient (Wildman–Crippen LogP) is 4.18. The fourth-order valence-corrected chi connectivity index (χ4v) is 6.27. The number of carbonyl (C=O) groups excluding carboxylic acids is 2. The van der Waals surface area contributed by atoms with Crippen LogP contribution in [0.3, 0.4) is 0 Å². The zero-order valence-corrected chi connectivity index (χ0v) is 24.2. The molecule has 210 valence electrons. The van der Waals surface area contributed by atoms with Gasteiger partial charge in [-0.2, -0.15) is 0 Å². The summed E-state index contributed by atoms with van der Waals surface area (Å²) in [4.78, 5) is 25.7. The Labute approximate surface area is 233 Å². The smallest absolute Gasteiger partial charge is 0.409 e. The number of alkyl carbamates (subject to hydrolysis) is 1. The second-order valence-corrected chi connectivity index (χ2v) is 12.2. The van der Waals surface area contributed by atoms with Gasteiger partial charge in [-0.1, -0.05) is 35.4 Å². The molecule has 2 amide bonds. The van der Waals surface area contributed by atoms with Crippen molar-refractivity contribution in [3.8, 4) is 5.75 Å². The topological polar surface area (TPSA) is 118 Å². The van der Waals surface area contributed by atoms with E-state index in [0.717, 1.165) is 11.1 Å². The van der Waals surface area contributed by atoms with Gasteiger partial charge < -0.3 is 29.3 Å². The second kappa shape index (κ2) is 12.3. The number of anilines is 1. The Kier molecular flexibility index (Phi) is 9.81. The molecule has 2 heterocycles. The highest BCUT2D eigenvalue weighted by atomic mass is 35.5. The van der Waals surface area contributed by atoms with Crippen molar-refractivity contribution in [2.24, 2.45) is 0 Å². The maximum Gasteiger partial charge on any atom is 0.409 e. The number of benzene rings is 1. The van der Waals surface area contributed by atoms with Crippen molar-refractivity contribution < 1.29 is 34.0 Å². The first-order valence-electron chi connectivity index (χ1n) is 12.4. The van der Waals surface area contributed by atoms with E-state index in [0.29, 0.717) is 22.9 Å². The molecule has 2 aliphatic heterocycles. The first kappa shape index (κ1) is 30.3. The Hall–Kier alpha value is -2.24. The van der Waals surface area contributed by atoms with Gasteiger partial charge in [0.2, 0.25) is 5.91 Å². The van der Waals surface area contributed by atoms with Gasteiger partial charge in [0.15, 0.2) is 5.72 Å². The standard InChI is InChI=1S/C27H37ClN2O7S/c1-16-8-7-9-22(36-6)27(34)15-21(37-25(32)29-27)17(2)38-26(3,33)11-10-23(31)30(4)19-13-18(12-16)14-20(35-5)24(19)28/h7-9,13-14,17,21-22,33-34H,10-12,15H2,1-6H3,(H,29,32)/b9-7+,16-8+/t17-,21?,22-,26-,27+/m1/s1. The largest absolute Gasteiger partial charge is 0.495 e. The molecule has 1 aromatic carbocycles. The fourth-order valence-electron chi connectivity index (χ4n) is 4.64. The number of halogens is 1. The molecule has 2 aliphatic rings. The van der Waals surface area contributed by atoms with Crippen LogP contribution in [-0.4, -0.2) is 71.6 Å². The van der Waals surface area contributed by atoms with Crippen LogP contribution in [0.2, 0.25) is 5.02 Å². The SMILES string of the molecule is COc1cc2cc(c1Cl)N(C)C(=O)CC[C@](C)(O)S[C@H](C)C1C[C@@](O)(NC(=O)O1)[C@H](OC)/C=C/C=C(\C)C2. The molecule has 1 aromatic rings. The van der Waals surface area contributed by atoms with Gasteiger partial charge in [0, 0.05) is 32.2 Å². The minimum atomic E-state index is -1.71. The van der Waals surface area contributed by atoms with Crippen molar-refractivity contribution in [3.05, 3.63) is 46.5 Å². The van der Waals surface area contributed by atoms with Crippen LogP contribution in [0.15, 0.2) is 35.9 Å². The van der Waals surface area contributed by atoms with Gasteiger partial charge in [-0.15, -0.1) is 11.8 Å². The van der Waals surface area contributed by atoms with Gasteiger partial charge in [-0.25, -0.2) is 4.79 Å². The lowest BCUT2D eigenvalue weighted by Crippen LogP contribution is -2.63. The fraction of sp³-hybridized carbons (Fsp3) is 0.556. The average Bonchev–Trinajstić information content (AvgIpc) is 2.84. The number of amides is 2. The first-order chi connectivity index (χ1) is 17.8. The van der Waals surface area contributed by atoms with Crippen LogP contribution >= 0.6 is 23.4 Å². The van der Waals surface area contributed by atoms with Gasteiger partial charge in [-0.05, 0) is 51.3 Å². The van der Waals surface area contributed by atoms with Crippen LogP contribution in [-0.2, 0) is 20.7 Å². The van der Waals surface area contributed by atoms with Crippen molar-refractivity contribution in [1.29, 1.82) is 0 Å². The van der Waals surface area contributed by atoms with E-state index in [9.17, 15) is 19.8 Å². The highest BCUT2D eigenvalue weighted by Gasteiger charge is 2.47. The van der Waals surface area contributed by atoms with Crippen molar-refractivity contribution >= 4 is 41.1 Å². The Balaban J connectivity index is 2.03. The van der Waals surface area contributed by atoms with Gasteiger partial charge in [0.05, 0.1) is 12.8 Å². The van der Waals surface area contributed by atoms with Crippen molar-refractivity contribution in [3.63, 3.8) is 0 Å². The van der Waals surface area contributed by atoms with Crippen LogP contribution in [0.25, 0.3) is 0 Å². The van der Waals surface area contributed by atoms with E-state index in [-0.39, 0.29) is 25.2 Å². The van der Waals surface area contributed by atoms with Crippen molar-refractivity contribution in [1.82, 2.24) is 5.32 Å². The summed E-state index contributed by atoms with van der Waals surface area (Å²) in [6.45, 7) is 5.37. The van der Waals surface area contributed by atoms with E-state index in [1.807, 2.05) is 25.1 Å². The number of nitrogens with zero attached hydrogens (tertiary/aromatic N) is 1. The number of rotatable bonds is 2. The number of carbonyl (C=O) groups is 2. The first-order valence-corrected chi connectivity index (χ1v) is 13.7. The van der Waals surface area contributed by atoms with Crippen LogP contribution in [0.4, 0.5) is 10.5 Å². The third-order valence-corrected chi connectivity index (χ3v) is 8.53. The second-order valence-electron chi connectivity index (χ2n) is 10.0. The van der Waals surface area contributed by atoms with Gasteiger partial charge in [-0.3, -0.25) is 10.1 Å². The minimum Gasteiger partial charge on any atom is -0.495 e. The molecule has 5 atom stereocenters. The molecule has 38 heavy (non-hydrogen) atoms. The molecule has 0 radical (unpaired) electrons. The Morgan fingerprint density at radius 3 is 2.63 bits per heavy atom. The molecule has 0 aromatic heterocycles. The lowest BCUT2D eigenvalue weighted by molar-refractivity contribution is -0.133. The zero-order chi connectivity index (χ0) is 28.3. The van der Waals surface area contributed by atoms with Crippen LogP contribution < -0.4 is 15.0 Å². The normalized spacial score (nSPS) is 33.6. The number of ether oxygens (including phenoxy) is 3. The summed E-state index contributed by atoms with van der Waals surface area (Å²) >= 11 is 7.74. The van der Waals surface area contributed by atoms with E-state index in [4.69, 9.17) is 25.8 Å². The number of thioether (sulfide) groups is 1. The number of fused-ring (bicyclic) bond motifs is 4. The summed E-state index contributed by atoms with van der Waals surface area (Å²) < 4.78 is 16.5. The van der Waals surface area contributed by atoms with Crippen LogP contribution in [0.5, 0.6) is 5.75 Å². The Morgan fingerprint density at radius 1 is 1.26 bits per heavy atom. The summed E-state index contributed by atoms with van der Waals surface area (Å²) in [6, 6.07) is 3.68. The number of hydrogen-bond acceptors (Lipinski definition) is 8. The number of allylic oxidation sites excluding steroid dienone is 3. The minimum absolute atomic E-state index is 0.0420.